The number of nitrogens with one attached hydrogen (secondary N) is 2. The fourth-order valence-corrected chi connectivity index (χ4v) is 1.54. The minimum atomic E-state index is 0.369. The Morgan fingerprint density at radius 3 is 2.74 bits per heavy atom. The number of hydrazine groups is 1. The minimum absolute atomic E-state index is 0.369. The van der Waals surface area contributed by atoms with Crippen LogP contribution in [-0.2, 0) is 16.1 Å². The predicted molar refractivity (Wildman–Crippen MR) is 74.7 cm³/mol. The number of rotatable bonds is 9. The zero-order valence-corrected chi connectivity index (χ0v) is 11.8. The molecule has 0 bridgehead atoms. The van der Waals surface area contributed by atoms with Crippen molar-refractivity contribution in [1.29, 1.82) is 0 Å². The van der Waals surface area contributed by atoms with E-state index in [1.807, 2.05) is 6.92 Å². The Bertz CT molecular complexity index is 375. The molecule has 0 aliphatic rings. The number of anilines is 2. The average molecular weight is 269 g/mol. The lowest BCUT2D eigenvalue weighted by atomic mass is 10.2. The van der Waals surface area contributed by atoms with Crippen molar-refractivity contribution in [3.05, 3.63) is 11.9 Å². The molecule has 0 saturated heterocycles. The first-order chi connectivity index (χ1) is 9.19. The molecular weight excluding hydrogens is 246 g/mol. The Balaban J connectivity index is 2.65. The monoisotopic (exact) mass is 269 g/mol. The normalized spacial score (nSPS) is 12.2. The highest BCUT2D eigenvalue weighted by atomic mass is 16.5. The summed E-state index contributed by atoms with van der Waals surface area (Å²) < 4.78 is 10.4. The van der Waals surface area contributed by atoms with Gasteiger partial charge in [0.25, 0.3) is 0 Å². The van der Waals surface area contributed by atoms with Gasteiger partial charge in [-0.3, -0.25) is 0 Å². The van der Waals surface area contributed by atoms with Crippen LogP contribution >= 0.6 is 0 Å². The van der Waals surface area contributed by atoms with Gasteiger partial charge < -0.3 is 20.2 Å². The lowest BCUT2D eigenvalue weighted by Crippen LogP contribution is -2.18. The largest absolute Gasteiger partial charge is 0.384 e. The van der Waals surface area contributed by atoms with Crippen molar-refractivity contribution in [2.24, 2.45) is 11.8 Å². The first-order valence-corrected chi connectivity index (χ1v) is 6.34. The van der Waals surface area contributed by atoms with Crippen molar-refractivity contribution in [2.75, 3.05) is 37.6 Å². The van der Waals surface area contributed by atoms with Gasteiger partial charge in [0.05, 0.1) is 6.61 Å². The SMILES string of the molecule is CCOCc1nc(NN)cc(NCC(C)COC)n1. The van der Waals surface area contributed by atoms with Crippen LogP contribution in [0.1, 0.15) is 19.7 Å². The molecule has 1 heterocycles. The summed E-state index contributed by atoms with van der Waals surface area (Å²) in [7, 11) is 1.69. The molecule has 0 aliphatic carbocycles. The summed E-state index contributed by atoms with van der Waals surface area (Å²) >= 11 is 0. The van der Waals surface area contributed by atoms with Crippen LogP contribution in [0.25, 0.3) is 0 Å². The number of hydrogen-bond acceptors (Lipinski definition) is 7. The topological polar surface area (TPSA) is 94.3 Å². The van der Waals surface area contributed by atoms with E-state index in [0.29, 0.717) is 37.4 Å². The molecular formula is C12H23N5O2. The fourth-order valence-electron chi connectivity index (χ4n) is 1.54. The van der Waals surface area contributed by atoms with Gasteiger partial charge in [-0.15, -0.1) is 0 Å². The molecule has 0 radical (unpaired) electrons. The van der Waals surface area contributed by atoms with Gasteiger partial charge in [0.15, 0.2) is 5.82 Å². The van der Waals surface area contributed by atoms with E-state index in [1.54, 1.807) is 13.2 Å². The minimum Gasteiger partial charge on any atom is -0.384 e. The van der Waals surface area contributed by atoms with Gasteiger partial charge >= 0.3 is 0 Å². The standard InChI is InChI=1S/C12H23N5O2/c1-4-19-8-12-15-10(5-11(16-12)17-13)14-6-9(2)7-18-3/h5,9H,4,6-8,13H2,1-3H3,(H2,14,15,16,17). The highest BCUT2D eigenvalue weighted by Crippen LogP contribution is 2.11. The van der Waals surface area contributed by atoms with Crippen LogP contribution < -0.4 is 16.6 Å². The number of ether oxygens (including phenoxy) is 2. The van der Waals surface area contributed by atoms with Crippen molar-refractivity contribution in [2.45, 2.75) is 20.5 Å². The summed E-state index contributed by atoms with van der Waals surface area (Å²) in [5, 5.41) is 3.24. The quantitative estimate of drug-likeness (QED) is 0.454. The third kappa shape index (κ3) is 5.82. The van der Waals surface area contributed by atoms with Gasteiger partial charge in [0, 0.05) is 26.3 Å². The van der Waals surface area contributed by atoms with Gasteiger partial charge in [-0.25, -0.2) is 15.8 Å². The van der Waals surface area contributed by atoms with E-state index in [9.17, 15) is 0 Å². The van der Waals surface area contributed by atoms with Crippen LogP contribution in [0, 0.1) is 5.92 Å². The van der Waals surface area contributed by atoms with Crippen LogP contribution in [0.4, 0.5) is 11.6 Å². The lowest BCUT2D eigenvalue weighted by molar-refractivity contribution is 0.128. The lowest BCUT2D eigenvalue weighted by Gasteiger charge is -2.13. The molecule has 0 fully saturated rings. The van der Waals surface area contributed by atoms with Crippen molar-refractivity contribution < 1.29 is 9.47 Å². The van der Waals surface area contributed by atoms with Crippen molar-refractivity contribution in [1.82, 2.24) is 9.97 Å². The molecule has 1 aromatic heterocycles. The van der Waals surface area contributed by atoms with Crippen molar-refractivity contribution >= 4 is 11.6 Å². The number of methoxy groups -OCH3 is 1. The molecule has 7 nitrogen and oxygen atoms in total. The Labute approximate surface area is 113 Å². The van der Waals surface area contributed by atoms with Crippen LogP contribution in [0.15, 0.2) is 6.07 Å². The summed E-state index contributed by atoms with van der Waals surface area (Å²) in [5.41, 5.74) is 2.53. The maximum atomic E-state index is 5.39. The van der Waals surface area contributed by atoms with Gasteiger partial charge in [-0.2, -0.15) is 0 Å². The third-order valence-corrected chi connectivity index (χ3v) is 2.44. The van der Waals surface area contributed by atoms with E-state index in [0.717, 1.165) is 12.4 Å². The van der Waals surface area contributed by atoms with E-state index < -0.39 is 0 Å². The third-order valence-electron chi connectivity index (χ3n) is 2.44. The van der Waals surface area contributed by atoms with E-state index in [2.05, 4.69) is 27.6 Å². The van der Waals surface area contributed by atoms with E-state index in [4.69, 9.17) is 15.3 Å². The van der Waals surface area contributed by atoms with Crippen molar-refractivity contribution in [3.63, 3.8) is 0 Å². The Morgan fingerprint density at radius 2 is 2.11 bits per heavy atom. The van der Waals surface area contributed by atoms with Gasteiger partial charge in [-0.1, -0.05) is 6.92 Å². The van der Waals surface area contributed by atoms with E-state index in [-0.39, 0.29) is 0 Å². The molecule has 1 unspecified atom stereocenters. The Morgan fingerprint density at radius 1 is 1.37 bits per heavy atom. The summed E-state index contributed by atoms with van der Waals surface area (Å²) in [6.07, 6.45) is 0. The molecule has 7 heteroatoms. The molecule has 19 heavy (non-hydrogen) atoms. The zero-order valence-electron chi connectivity index (χ0n) is 11.8. The molecule has 1 aromatic rings. The molecule has 0 aliphatic heterocycles. The number of nitrogen functional groups attached to an aromatic ring is 1. The average Bonchev–Trinajstić information content (AvgIpc) is 2.43. The van der Waals surface area contributed by atoms with Crippen LogP contribution in [0.2, 0.25) is 0 Å². The number of hydrogen-bond donors (Lipinski definition) is 3. The predicted octanol–water partition coefficient (Wildman–Crippen LogP) is 0.993. The first-order valence-electron chi connectivity index (χ1n) is 6.34. The molecule has 1 rings (SSSR count). The van der Waals surface area contributed by atoms with Gasteiger partial charge in [0.1, 0.15) is 18.2 Å². The summed E-state index contributed by atoms with van der Waals surface area (Å²) in [5.74, 6) is 7.67. The number of nitrogens with zero attached hydrogens (tertiary/aromatic N) is 2. The van der Waals surface area contributed by atoms with Crippen molar-refractivity contribution in [3.8, 4) is 0 Å². The zero-order chi connectivity index (χ0) is 14.1. The van der Waals surface area contributed by atoms with Gasteiger partial charge in [0.2, 0.25) is 0 Å². The van der Waals surface area contributed by atoms with Crippen LogP contribution in [0.3, 0.4) is 0 Å². The summed E-state index contributed by atoms with van der Waals surface area (Å²) in [6, 6.07) is 1.76. The second-order valence-electron chi connectivity index (χ2n) is 4.28. The highest BCUT2D eigenvalue weighted by Gasteiger charge is 2.06. The summed E-state index contributed by atoms with van der Waals surface area (Å²) in [6.45, 7) is 6.48. The molecule has 1 atom stereocenters. The molecule has 108 valence electrons. The van der Waals surface area contributed by atoms with E-state index >= 15 is 0 Å². The number of aromatic nitrogens is 2. The Hall–Kier alpha value is -1.44. The molecule has 0 saturated carbocycles. The highest BCUT2D eigenvalue weighted by molar-refractivity contribution is 5.46. The first kappa shape index (κ1) is 15.6. The maximum Gasteiger partial charge on any atom is 0.158 e. The molecule has 0 amide bonds. The second kappa shape index (κ2) is 8.63. The maximum absolute atomic E-state index is 5.39. The Kier molecular flexibility index (Phi) is 7.09. The van der Waals surface area contributed by atoms with Crippen LogP contribution in [0.5, 0.6) is 0 Å². The summed E-state index contributed by atoms with van der Waals surface area (Å²) in [4.78, 5) is 8.58. The van der Waals surface area contributed by atoms with E-state index in [1.165, 1.54) is 0 Å². The second-order valence-corrected chi connectivity index (χ2v) is 4.28. The van der Waals surface area contributed by atoms with Gasteiger partial charge in [-0.05, 0) is 12.8 Å². The molecule has 4 N–H and O–H groups in total. The molecule has 0 aromatic carbocycles. The van der Waals surface area contributed by atoms with Crippen LogP contribution in [-0.4, -0.2) is 36.8 Å². The smallest absolute Gasteiger partial charge is 0.158 e. The fraction of sp³-hybridized carbons (Fsp3) is 0.667. The number of nitrogens with two attached hydrogens (primary N) is 1. The molecule has 0 spiro atoms.